The number of ether oxygens (including phenoxy) is 1. The van der Waals surface area contributed by atoms with Crippen molar-refractivity contribution in [2.45, 2.75) is 60.0 Å². The molecule has 1 aliphatic heterocycles. The summed E-state index contributed by atoms with van der Waals surface area (Å²) in [7, 11) is 0. The molecule has 0 radical (unpaired) electrons. The molecule has 0 aliphatic carbocycles. The number of halogens is 2. The molecule has 1 amide bonds. The average molecular weight is 482 g/mol. The number of fused-ring (bicyclic) bond motifs is 3. The molecule has 4 rings (SSSR count). The molecule has 7 heteroatoms. The van der Waals surface area contributed by atoms with Crippen LogP contribution in [0.1, 0.15) is 68.1 Å². The Kier molecular flexibility index (Phi) is 7.53. The van der Waals surface area contributed by atoms with Gasteiger partial charge in [0.2, 0.25) is 0 Å². The highest BCUT2D eigenvalue weighted by Crippen LogP contribution is 2.41. The zero-order valence-corrected chi connectivity index (χ0v) is 20.8. The number of nitrogens with zero attached hydrogens (tertiary/aromatic N) is 2. The van der Waals surface area contributed by atoms with Gasteiger partial charge in [0.25, 0.3) is 5.91 Å². The molecule has 1 aliphatic rings. The molecular weight excluding hydrogens is 448 g/mol. The van der Waals surface area contributed by atoms with Crippen LogP contribution in [0, 0.1) is 30.4 Å². The van der Waals surface area contributed by atoms with Gasteiger partial charge in [-0.2, -0.15) is 5.10 Å². The van der Waals surface area contributed by atoms with Gasteiger partial charge in [-0.25, -0.2) is 13.5 Å². The van der Waals surface area contributed by atoms with Crippen molar-refractivity contribution < 1.29 is 18.3 Å². The maximum Gasteiger partial charge on any atom is 0.272 e. The van der Waals surface area contributed by atoms with E-state index in [1.165, 1.54) is 29.7 Å². The molecule has 3 aromatic rings. The first-order chi connectivity index (χ1) is 16.8. The lowest BCUT2D eigenvalue weighted by Crippen LogP contribution is -2.30. The van der Waals surface area contributed by atoms with Crippen LogP contribution in [0.2, 0.25) is 0 Å². The van der Waals surface area contributed by atoms with E-state index in [1.54, 1.807) is 0 Å². The number of hydrogen-bond donors (Lipinski definition) is 1. The van der Waals surface area contributed by atoms with E-state index in [-0.39, 0.29) is 23.9 Å². The second-order valence-electron chi connectivity index (χ2n) is 9.55. The molecule has 1 unspecified atom stereocenters. The first kappa shape index (κ1) is 24.9. The minimum Gasteiger partial charge on any atom is -0.488 e. The van der Waals surface area contributed by atoms with Crippen molar-refractivity contribution >= 4 is 5.91 Å². The highest BCUT2D eigenvalue weighted by atomic mass is 19.1. The van der Waals surface area contributed by atoms with Crippen LogP contribution in [0.15, 0.2) is 36.4 Å². The normalized spacial score (nSPS) is 13.2. The fourth-order valence-corrected chi connectivity index (χ4v) is 4.64. The summed E-state index contributed by atoms with van der Waals surface area (Å²) >= 11 is 0. The van der Waals surface area contributed by atoms with Crippen LogP contribution < -0.4 is 10.1 Å². The molecule has 1 N–H and O–H groups in total. The Hall–Kier alpha value is -3.22. The quantitative estimate of drug-likeness (QED) is 0.375. The molecule has 0 bridgehead atoms. The summed E-state index contributed by atoms with van der Waals surface area (Å²) in [6.45, 7) is 9.19. The molecule has 0 fully saturated rings. The third-order valence-corrected chi connectivity index (χ3v) is 6.93. The van der Waals surface area contributed by atoms with Gasteiger partial charge in [0.15, 0.2) is 11.5 Å². The third-order valence-electron chi connectivity index (χ3n) is 6.93. The van der Waals surface area contributed by atoms with Crippen LogP contribution in [-0.2, 0) is 6.61 Å². The van der Waals surface area contributed by atoms with Crippen molar-refractivity contribution in [3.63, 3.8) is 0 Å². The highest BCUT2D eigenvalue weighted by Gasteiger charge is 2.31. The summed E-state index contributed by atoms with van der Waals surface area (Å²) in [6, 6.07) is 9.05. The third kappa shape index (κ3) is 5.24. The average Bonchev–Trinajstić information content (AvgIpc) is 3.22. The predicted octanol–water partition coefficient (Wildman–Crippen LogP) is 6.60. The lowest BCUT2D eigenvalue weighted by atomic mass is 9.93. The highest BCUT2D eigenvalue weighted by molar-refractivity contribution is 5.96. The number of rotatable bonds is 9. The van der Waals surface area contributed by atoms with Crippen molar-refractivity contribution in [3.05, 3.63) is 64.9 Å². The van der Waals surface area contributed by atoms with Crippen molar-refractivity contribution in [1.29, 1.82) is 0 Å². The van der Waals surface area contributed by atoms with Gasteiger partial charge in [-0.05, 0) is 55.0 Å². The van der Waals surface area contributed by atoms with Gasteiger partial charge in [-0.15, -0.1) is 0 Å². The van der Waals surface area contributed by atoms with E-state index >= 15 is 0 Å². The maximum absolute atomic E-state index is 14.8. The molecule has 35 heavy (non-hydrogen) atoms. The standard InChI is InChI=1S/C28H33F2N3O2/c1-5-19(6-2)9-7-18(4)15-31-28(34)26-22-16-35-25-13-17(3)8-11-21(25)27(22)33(32-26)24-12-10-20(29)14-23(24)30/h8,10-14,18-19H,5-7,9,15-16H2,1-4H3,(H,31,34). The van der Waals surface area contributed by atoms with Gasteiger partial charge < -0.3 is 10.1 Å². The van der Waals surface area contributed by atoms with E-state index in [4.69, 9.17) is 4.74 Å². The number of nitrogens with one attached hydrogen (secondary N) is 1. The van der Waals surface area contributed by atoms with E-state index in [1.807, 2.05) is 25.1 Å². The summed E-state index contributed by atoms with van der Waals surface area (Å²) in [5.41, 5.74) is 3.18. The van der Waals surface area contributed by atoms with Gasteiger partial charge in [0.1, 0.15) is 23.9 Å². The van der Waals surface area contributed by atoms with Gasteiger partial charge >= 0.3 is 0 Å². The fraction of sp³-hybridized carbons (Fsp3) is 0.429. The molecule has 0 saturated heterocycles. The van der Waals surface area contributed by atoms with Crippen LogP contribution in [0.5, 0.6) is 5.75 Å². The summed E-state index contributed by atoms with van der Waals surface area (Å²) < 4.78 is 35.7. The molecular formula is C28H33F2N3O2. The number of aryl methyl sites for hydroxylation is 1. The molecule has 1 atom stereocenters. The molecule has 2 aromatic carbocycles. The van der Waals surface area contributed by atoms with E-state index in [9.17, 15) is 13.6 Å². The Balaban J connectivity index is 1.65. The van der Waals surface area contributed by atoms with Gasteiger partial charge in [-0.1, -0.05) is 46.1 Å². The molecule has 0 saturated carbocycles. The van der Waals surface area contributed by atoms with Crippen LogP contribution in [0.25, 0.3) is 16.9 Å². The lowest BCUT2D eigenvalue weighted by Gasteiger charge is -2.20. The van der Waals surface area contributed by atoms with Gasteiger partial charge in [0.05, 0.1) is 5.69 Å². The lowest BCUT2D eigenvalue weighted by molar-refractivity contribution is 0.0939. The van der Waals surface area contributed by atoms with Crippen molar-refractivity contribution in [3.8, 4) is 22.7 Å². The summed E-state index contributed by atoms with van der Waals surface area (Å²) in [5.74, 6) is -0.0714. The zero-order chi connectivity index (χ0) is 25.1. The van der Waals surface area contributed by atoms with E-state index < -0.39 is 11.6 Å². The SMILES string of the molecule is CCC(CC)CCC(C)CNC(=O)c1nn(-c2ccc(F)cc2F)c2c1COc1cc(C)ccc1-2. The van der Waals surface area contributed by atoms with Crippen molar-refractivity contribution in [2.75, 3.05) is 6.54 Å². The van der Waals surface area contributed by atoms with Gasteiger partial charge in [0, 0.05) is 23.7 Å². The number of amides is 1. The second-order valence-corrected chi connectivity index (χ2v) is 9.55. The monoisotopic (exact) mass is 481 g/mol. The smallest absolute Gasteiger partial charge is 0.272 e. The van der Waals surface area contributed by atoms with Crippen LogP contribution in [-0.4, -0.2) is 22.2 Å². The summed E-state index contributed by atoms with van der Waals surface area (Å²) in [4.78, 5) is 13.2. The first-order valence-corrected chi connectivity index (χ1v) is 12.4. The Morgan fingerprint density at radius 1 is 1.14 bits per heavy atom. The molecule has 1 aromatic heterocycles. The maximum atomic E-state index is 14.8. The molecule has 0 spiro atoms. The van der Waals surface area contributed by atoms with Gasteiger partial charge in [-0.3, -0.25) is 4.79 Å². The number of aromatic nitrogens is 2. The van der Waals surface area contributed by atoms with Crippen LogP contribution in [0.3, 0.4) is 0 Å². The zero-order valence-electron chi connectivity index (χ0n) is 20.8. The number of benzene rings is 2. The van der Waals surface area contributed by atoms with E-state index in [0.717, 1.165) is 24.5 Å². The Labute approximate surface area is 205 Å². The Bertz CT molecular complexity index is 1220. The van der Waals surface area contributed by atoms with Crippen molar-refractivity contribution in [2.24, 2.45) is 11.8 Å². The Morgan fingerprint density at radius 3 is 2.63 bits per heavy atom. The predicted molar refractivity (Wildman–Crippen MR) is 133 cm³/mol. The van der Waals surface area contributed by atoms with Crippen LogP contribution >= 0.6 is 0 Å². The Morgan fingerprint density at radius 2 is 1.91 bits per heavy atom. The molecule has 186 valence electrons. The minimum atomic E-state index is -0.752. The largest absolute Gasteiger partial charge is 0.488 e. The van der Waals surface area contributed by atoms with E-state index in [2.05, 4.69) is 31.2 Å². The minimum absolute atomic E-state index is 0.0775. The number of carbonyl (C=O) groups excluding carboxylic acids is 1. The number of carbonyl (C=O) groups is 1. The van der Waals surface area contributed by atoms with E-state index in [0.29, 0.717) is 41.0 Å². The fourth-order valence-electron chi connectivity index (χ4n) is 4.64. The van der Waals surface area contributed by atoms with Crippen LogP contribution in [0.4, 0.5) is 8.78 Å². The summed E-state index contributed by atoms with van der Waals surface area (Å²) in [5, 5.41) is 7.52. The topological polar surface area (TPSA) is 56.2 Å². The van der Waals surface area contributed by atoms with Crippen molar-refractivity contribution in [1.82, 2.24) is 15.1 Å². The molecule has 5 nitrogen and oxygen atoms in total. The summed E-state index contributed by atoms with van der Waals surface area (Å²) in [6.07, 6.45) is 4.51. The first-order valence-electron chi connectivity index (χ1n) is 12.4. The molecule has 2 heterocycles. The second kappa shape index (κ2) is 10.6. The number of hydrogen-bond acceptors (Lipinski definition) is 3.